The summed E-state index contributed by atoms with van der Waals surface area (Å²) in [5.74, 6) is 2.74. The summed E-state index contributed by atoms with van der Waals surface area (Å²) in [6, 6.07) is 6.00. The average Bonchev–Trinajstić information content (AvgIpc) is 3.72. The molecule has 356 valence electrons. The van der Waals surface area contributed by atoms with Gasteiger partial charge in [0.15, 0.2) is 6.29 Å². The number of nitrogens with one attached hydrogen (secondary N) is 2. The lowest BCUT2D eigenvalue weighted by atomic mass is 9.89. The highest BCUT2D eigenvalue weighted by molar-refractivity contribution is 5.90. The summed E-state index contributed by atoms with van der Waals surface area (Å²) in [5, 5.41) is 26.1. The third kappa shape index (κ3) is 16.7. The smallest absolute Gasteiger partial charge is 0.245 e. The number of aliphatic hydroxyl groups is 2. The minimum atomic E-state index is -1.78. The number of hydrogen-bond donors (Lipinski definition) is 5. The molecular weight excluding hydrogens is 801 g/mol. The fraction of sp³-hybridized carbons (Fsp3) is 0.778. The molecule has 0 unspecified atom stereocenters. The van der Waals surface area contributed by atoms with Crippen molar-refractivity contribution in [3.8, 4) is 0 Å². The van der Waals surface area contributed by atoms with Gasteiger partial charge in [-0.05, 0) is 49.6 Å². The Labute approximate surface area is 370 Å². The minimum absolute atomic E-state index is 0.0261. The normalized spacial score (nSPS) is 18.4. The molecule has 17 heteroatoms. The first-order valence-corrected chi connectivity index (χ1v) is 22.2. The number of nitrogens with zero attached hydrogens (tertiary/aromatic N) is 3. The van der Waals surface area contributed by atoms with Crippen molar-refractivity contribution < 1.29 is 53.2 Å². The van der Waals surface area contributed by atoms with Gasteiger partial charge in [-0.25, -0.2) is 5.90 Å². The topological polar surface area (TPSA) is 215 Å². The first kappa shape index (κ1) is 54.9. The molecule has 1 fully saturated rings. The van der Waals surface area contributed by atoms with Crippen LogP contribution in [-0.2, 0) is 49.4 Å². The Bertz CT molecular complexity index is 1460. The van der Waals surface area contributed by atoms with Crippen LogP contribution in [0.15, 0.2) is 30.3 Å². The number of nitrogens with two attached hydrogens (primary N) is 1. The minimum Gasteiger partial charge on any atom is -0.379 e. The van der Waals surface area contributed by atoms with Gasteiger partial charge in [0.1, 0.15) is 6.04 Å². The number of likely N-dealkylation sites (tertiary alicyclic amines) is 1. The molecule has 1 aromatic carbocycles. The predicted octanol–water partition coefficient (Wildman–Crippen LogP) is 1.97. The molecule has 6 N–H and O–H groups in total. The van der Waals surface area contributed by atoms with E-state index in [4.69, 9.17) is 24.8 Å². The second-order valence-corrected chi connectivity index (χ2v) is 17.3. The molecule has 62 heavy (non-hydrogen) atoms. The summed E-state index contributed by atoms with van der Waals surface area (Å²) >= 11 is 0. The van der Waals surface area contributed by atoms with Crippen molar-refractivity contribution in [1.82, 2.24) is 25.3 Å². The van der Waals surface area contributed by atoms with Gasteiger partial charge in [0.2, 0.25) is 23.6 Å². The molecule has 1 aromatic rings. The zero-order valence-corrected chi connectivity index (χ0v) is 39.3. The van der Waals surface area contributed by atoms with Gasteiger partial charge in [-0.2, -0.15) is 0 Å². The van der Waals surface area contributed by atoms with Crippen molar-refractivity contribution in [3.63, 3.8) is 0 Å². The average molecular weight is 881 g/mol. The molecule has 1 saturated heterocycles. The summed E-state index contributed by atoms with van der Waals surface area (Å²) < 4.78 is 23.1. The van der Waals surface area contributed by atoms with Gasteiger partial charge in [0.05, 0.1) is 81.7 Å². The Morgan fingerprint density at radius 2 is 1.50 bits per heavy atom. The van der Waals surface area contributed by atoms with E-state index in [0.717, 1.165) is 5.56 Å². The maximum atomic E-state index is 14.5. The molecule has 1 aliphatic rings. The molecule has 17 nitrogen and oxygen atoms in total. The van der Waals surface area contributed by atoms with E-state index in [-0.39, 0.29) is 48.3 Å². The van der Waals surface area contributed by atoms with Crippen LogP contribution in [0.5, 0.6) is 0 Å². The van der Waals surface area contributed by atoms with Crippen molar-refractivity contribution in [2.24, 2.45) is 29.6 Å². The fourth-order valence-corrected chi connectivity index (χ4v) is 8.48. The Hall–Kier alpha value is -3.26. The van der Waals surface area contributed by atoms with Gasteiger partial charge >= 0.3 is 0 Å². The van der Waals surface area contributed by atoms with Crippen LogP contribution < -0.4 is 16.5 Å². The molecule has 1 heterocycles. The van der Waals surface area contributed by atoms with Crippen LogP contribution in [-0.4, -0.2) is 172 Å². The largest absolute Gasteiger partial charge is 0.379 e. The summed E-state index contributed by atoms with van der Waals surface area (Å²) in [7, 11) is 6.62. The number of benzene rings is 1. The number of hydrogen-bond acceptors (Lipinski definition) is 13. The number of carbonyl (C=O) groups is 4. The standard InChI is InChI=1S/C45H80N6O11/c1-12-31(6)40(50(9)44(55)38(29(2)3)48-43(54)39(30(4)5)49(8)21-22-60-23-24-61-25-26-62-46)36(58-10)28-37(52)51-20-16-19-35(51)41(59-11)32(7)42(53)47-34(45(56)57)27-33-17-14-13-15-18-33/h13-15,17-18,29-32,34-36,38-41,45,56-57H,12,16,19-28,46H2,1-11H3,(H,47,53)(H,48,54)/t31-,32+,34-,35-,36+,38-,39-,40-,41+/m0/s1. The highest BCUT2D eigenvalue weighted by Gasteiger charge is 2.43. The van der Waals surface area contributed by atoms with E-state index in [1.54, 1.807) is 23.8 Å². The highest BCUT2D eigenvalue weighted by Crippen LogP contribution is 2.30. The van der Waals surface area contributed by atoms with Gasteiger partial charge < -0.3 is 54.4 Å². The molecule has 4 amide bonds. The fourth-order valence-electron chi connectivity index (χ4n) is 8.48. The van der Waals surface area contributed by atoms with Crippen molar-refractivity contribution in [3.05, 3.63) is 35.9 Å². The predicted molar refractivity (Wildman–Crippen MR) is 236 cm³/mol. The van der Waals surface area contributed by atoms with Crippen LogP contribution in [0.4, 0.5) is 0 Å². The van der Waals surface area contributed by atoms with Crippen molar-refractivity contribution >= 4 is 23.6 Å². The Balaban J connectivity index is 2.20. The monoisotopic (exact) mass is 881 g/mol. The maximum absolute atomic E-state index is 14.5. The molecule has 0 spiro atoms. The van der Waals surface area contributed by atoms with Gasteiger partial charge in [0.25, 0.3) is 0 Å². The molecule has 0 radical (unpaired) electrons. The first-order chi connectivity index (χ1) is 29.4. The highest BCUT2D eigenvalue weighted by atomic mass is 16.6. The van der Waals surface area contributed by atoms with Crippen LogP contribution in [0.3, 0.4) is 0 Å². The van der Waals surface area contributed by atoms with Crippen molar-refractivity contribution in [2.45, 2.75) is 129 Å². The molecular formula is C45H80N6O11. The summed E-state index contributed by atoms with van der Waals surface area (Å²) in [5.41, 5.74) is 0.838. The maximum Gasteiger partial charge on any atom is 0.245 e. The summed E-state index contributed by atoms with van der Waals surface area (Å²) in [6.07, 6.45) is -0.938. The number of carbonyl (C=O) groups excluding carboxylic acids is 4. The number of amides is 4. The SMILES string of the molecule is CC[C@H](C)[C@@H]([C@@H](CC(=O)N1CCC[C@H]1[C@H](OC)[C@@H](C)C(=O)N[C@@H](Cc1ccccc1)C(O)O)OC)N(C)C(=O)[C@@H](NC(=O)[C@H](C(C)C)N(C)CCOCCOCCON)C(C)C. The van der Waals surface area contributed by atoms with E-state index in [1.165, 1.54) is 14.2 Å². The van der Waals surface area contributed by atoms with E-state index >= 15 is 0 Å². The zero-order valence-electron chi connectivity index (χ0n) is 39.3. The quantitative estimate of drug-likeness (QED) is 0.0426. The third-order valence-electron chi connectivity index (χ3n) is 12.2. The zero-order chi connectivity index (χ0) is 46.5. The number of likely N-dealkylation sites (N-methyl/N-ethyl adjacent to an activating group) is 2. The number of methoxy groups -OCH3 is 2. The lowest BCUT2D eigenvalue weighted by molar-refractivity contribution is -0.148. The molecule has 9 atom stereocenters. The van der Waals surface area contributed by atoms with E-state index < -0.39 is 60.5 Å². The van der Waals surface area contributed by atoms with Crippen LogP contribution in [0.25, 0.3) is 0 Å². The van der Waals surface area contributed by atoms with Gasteiger partial charge in [-0.15, -0.1) is 0 Å². The van der Waals surface area contributed by atoms with Crippen LogP contribution in [0, 0.1) is 23.7 Å². The number of ether oxygens (including phenoxy) is 4. The molecule has 0 bridgehead atoms. The van der Waals surface area contributed by atoms with Crippen LogP contribution >= 0.6 is 0 Å². The van der Waals surface area contributed by atoms with Crippen LogP contribution in [0.1, 0.15) is 79.7 Å². The molecule has 0 aromatic heterocycles. The van der Waals surface area contributed by atoms with Gasteiger partial charge in [0, 0.05) is 34.4 Å². The van der Waals surface area contributed by atoms with E-state index in [2.05, 4.69) is 15.5 Å². The lowest BCUT2D eigenvalue weighted by Crippen LogP contribution is -2.60. The number of rotatable bonds is 30. The molecule has 1 aliphatic heterocycles. The van der Waals surface area contributed by atoms with Crippen LogP contribution in [0.2, 0.25) is 0 Å². The third-order valence-corrected chi connectivity index (χ3v) is 12.2. The van der Waals surface area contributed by atoms with Crippen molar-refractivity contribution in [1.29, 1.82) is 0 Å². The lowest BCUT2D eigenvalue weighted by Gasteiger charge is -2.41. The molecule has 0 aliphatic carbocycles. The Morgan fingerprint density at radius 1 is 0.871 bits per heavy atom. The second kappa shape index (κ2) is 28.5. The van der Waals surface area contributed by atoms with Crippen molar-refractivity contribution in [2.75, 3.05) is 74.4 Å². The van der Waals surface area contributed by atoms with E-state index in [9.17, 15) is 29.4 Å². The van der Waals surface area contributed by atoms with E-state index in [0.29, 0.717) is 65.4 Å². The Morgan fingerprint density at radius 3 is 2.05 bits per heavy atom. The van der Waals surface area contributed by atoms with Gasteiger partial charge in [-0.1, -0.05) is 85.2 Å². The summed E-state index contributed by atoms with van der Waals surface area (Å²) in [6.45, 7) is 16.3. The Kier molecular flexibility index (Phi) is 25.2. The van der Waals surface area contributed by atoms with E-state index in [1.807, 2.05) is 83.8 Å². The van der Waals surface area contributed by atoms with Gasteiger partial charge in [-0.3, -0.25) is 24.1 Å². The first-order valence-electron chi connectivity index (χ1n) is 22.2. The summed E-state index contributed by atoms with van der Waals surface area (Å²) in [4.78, 5) is 66.2. The molecule has 0 saturated carbocycles. The molecule has 2 rings (SSSR count). The second-order valence-electron chi connectivity index (χ2n) is 17.3. The number of aliphatic hydroxyl groups excluding tert-OH is 1.